The molecule has 0 aliphatic carbocycles. The fourth-order valence-corrected chi connectivity index (χ4v) is 7.52. The standard InChI is InChI=1S/C46H39N3O5S/c50-29-31-17-19-33(20-18-31)41-26-39(30-55-46-49-42(34-10-3-1-4-11-34)43(54-46)35-12-5-2-6-13-35)52-45(53-41)36-23-21-32(22-24-36)40-16-8-7-14-37(40)28-48-44(51)38-15-9-25-47-27-38/h1-25,27,39,41,45,50H,26,28-30H2,(H,48,51)/t39-,41+,45+/m0/s1. The first-order valence-electron chi connectivity index (χ1n) is 18.2. The van der Waals surface area contributed by atoms with Crippen molar-refractivity contribution in [3.05, 3.63) is 186 Å². The zero-order chi connectivity index (χ0) is 37.4. The number of carbonyl (C=O) groups is 1. The number of aromatic nitrogens is 2. The van der Waals surface area contributed by atoms with Crippen molar-refractivity contribution in [3.8, 4) is 33.7 Å². The number of nitrogens with one attached hydrogen (secondary N) is 1. The maximum Gasteiger partial charge on any atom is 0.256 e. The molecule has 1 aliphatic rings. The molecule has 2 aromatic heterocycles. The summed E-state index contributed by atoms with van der Waals surface area (Å²) in [5, 5.41) is 13.2. The fraction of sp³-hybridized carbons (Fsp3) is 0.152. The predicted molar refractivity (Wildman–Crippen MR) is 214 cm³/mol. The molecule has 0 radical (unpaired) electrons. The van der Waals surface area contributed by atoms with E-state index in [1.165, 1.54) is 11.8 Å². The fourth-order valence-electron chi connectivity index (χ4n) is 6.68. The summed E-state index contributed by atoms with van der Waals surface area (Å²) in [7, 11) is 0. The molecule has 55 heavy (non-hydrogen) atoms. The zero-order valence-electron chi connectivity index (χ0n) is 30.0. The lowest BCUT2D eigenvalue weighted by Crippen LogP contribution is -2.31. The van der Waals surface area contributed by atoms with E-state index in [1.807, 2.05) is 115 Å². The van der Waals surface area contributed by atoms with Crippen LogP contribution in [-0.2, 0) is 22.6 Å². The quantitative estimate of drug-likeness (QED) is 0.119. The highest BCUT2D eigenvalue weighted by atomic mass is 32.2. The Bertz CT molecular complexity index is 2260. The van der Waals surface area contributed by atoms with E-state index in [9.17, 15) is 9.90 Å². The molecule has 274 valence electrons. The van der Waals surface area contributed by atoms with Crippen molar-refractivity contribution in [1.82, 2.24) is 15.3 Å². The summed E-state index contributed by atoms with van der Waals surface area (Å²) in [4.78, 5) is 21.7. The molecule has 0 spiro atoms. The van der Waals surface area contributed by atoms with Crippen molar-refractivity contribution < 1.29 is 23.8 Å². The molecule has 0 bridgehead atoms. The van der Waals surface area contributed by atoms with Gasteiger partial charge < -0.3 is 24.3 Å². The molecule has 1 saturated heterocycles. The lowest BCUT2D eigenvalue weighted by Gasteiger charge is -2.36. The van der Waals surface area contributed by atoms with Crippen molar-refractivity contribution in [2.75, 3.05) is 5.75 Å². The number of rotatable bonds is 12. The van der Waals surface area contributed by atoms with Crippen molar-refractivity contribution >= 4 is 17.7 Å². The third-order valence-corrected chi connectivity index (χ3v) is 10.5. The molecule has 3 atom stereocenters. The van der Waals surface area contributed by atoms with E-state index in [-0.39, 0.29) is 24.7 Å². The number of hydrogen-bond donors (Lipinski definition) is 2. The van der Waals surface area contributed by atoms with E-state index in [0.717, 1.165) is 56.0 Å². The lowest BCUT2D eigenvalue weighted by atomic mass is 9.97. The first-order valence-corrected chi connectivity index (χ1v) is 19.2. The van der Waals surface area contributed by atoms with E-state index in [2.05, 4.69) is 28.5 Å². The number of carbonyl (C=O) groups excluding carboxylic acids is 1. The third-order valence-electron chi connectivity index (χ3n) is 9.57. The minimum absolute atomic E-state index is 0.0186. The number of hydrogen-bond acceptors (Lipinski definition) is 8. The summed E-state index contributed by atoms with van der Waals surface area (Å²) < 4.78 is 19.7. The summed E-state index contributed by atoms with van der Waals surface area (Å²) in [6.45, 7) is 0.357. The Morgan fingerprint density at radius 3 is 2.18 bits per heavy atom. The molecule has 3 heterocycles. The van der Waals surface area contributed by atoms with Crippen LogP contribution in [0.1, 0.15) is 51.4 Å². The average molecular weight is 746 g/mol. The number of oxazole rings is 1. The van der Waals surface area contributed by atoms with E-state index in [4.69, 9.17) is 18.9 Å². The van der Waals surface area contributed by atoms with Crippen LogP contribution in [0.4, 0.5) is 0 Å². The number of aliphatic hydroxyl groups excluding tert-OH is 1. The summed E-state index contributed by atoms with van der Waals surface area (Å²) in [5.41, 5.74) is 9.09. The summed E-state index contributed by atoms with van der Waals surface area (Å²) in [6, 6.07) is 47.8. The first kappa shape index (κ1) is 36.2. The molecule has 1 amide bonds. The van der Waals surface area contributed by atoms with Gasteiger partial charge in [0.05, 0.1) is 24.4 Å². The molecule has 7 aromatic rings. The van der Waals surface area contributed by atoms with Crippen LogP contribution < -0.4 is 5.32 Å². The maximum atomic E-state index is 12.7. The van der Waals surface area contributed by atoms with Crippen molar-refractivity contribution in [2.24, 2.45) is 0 Å². The highest BCUT2D eigenvalue weighted by Gasteiger charge is 2.33. The molecular weight excluding hydrogens is 707 g/mol. The van der Waals surface area contributed by atoms with Gasteiger partial charge in [0.15, 0.2) is 12.1 Å². The monoisotopic (exact) mass is 745 g/mol. The molecule has 0 saturated carbocycles. The molecule has 8 nitrogen and oxygen atoms in total. The highest BCUT2D eigenvalue weighted by molar-refractivity contribution is 7.99. The number of benzene rings is 5. The summed E-state index contributed by atoms with van der Waals surface area (Å²) in [6.07, 6.45) is 2.82. The number of ether oxygens (including phenoxy) is 2. The Morgan fingerprint density at radius 2 is 1.45 bits per heavy atom. The van der Waals surface area contributed by atoms with E-state index in [1.54, 1.807) is 24.5 Å². The smallest absolute Gasteiger partial charge is 0.256 e. The molecular formula is C46H39N3O5S. The number of aliphatic hydroxyl groups is 1. The number of amides is 1. The zero-order valence-corrected chi connectivity index (χ0v) is 30.8. The van der Waals surface area contributed by atoms with E-state index < -0.39 is 6.29 Å². The van der Waals surface area contributed by atoms with Crippen molar-refractivity contribution in [2.45, 2.75) is 43.3 Å². The maximum absolute atomic E-state index is 12.7. The second-order valence-corrected chi connectivity index (χ2v) is 14.2. The Labute approximate surface area is 324 Å². The lowest BCUT2D eigenvalue weighted by molar-refractivity contribution is -0.245. The van der Waals surface area contributed by atoms with Crippen LogP contribution in [0, 0.1) is 0 Å². The van der Waals surface area contributed by atoms with Crippen molar-refractivity contribution in [1.29, 1.82) is 0 Å². The topological polar surface area (TPSA) is 107 Å². The predicted octanol–water partition coefficient (Wildman–Crippen LogP) is 9.83. The SMILES string of the molecule is O=C(NCc1ccccc1-c1ccc([C@@H]2O[C@H](CSc3nc(-c4ccccc4)c(-c4ccccc4)o3)C[C@H](c3ccc(CO)cc3)O2)cc1)c1cccnc1. The number of pyridine rings is 1. The van der Waals surface area contributed by atoms with Gasteiger partial charge in [0.25, 0.3) is 11.1 Å². The van der Waals surface area contributed by atoms with Gasteiger partial charge in [-0.3, -0.25) is 9.78 Å². The molecule has 0 unspecified atom stereocenters. The van der Waals surface area contributed by atoms with Crippen LogP contribution in [0.2, 0.25) is 0 Å². The van der Waals surface area contributed by atoms with Crippen LogP contribution in [-0.4, -0.2) is 32.8 Å². The highest BCUT2D eigenvalue weighted by Crippen LogP contribution is 2.41. The molecule has 8 rings (SSSR count). The minimum Gasteiger partial charge on any atom is -0.431 e. The van der Waals surface area contributed by atoms with Gasteiger partial charge in [-0.15, -0.1) is 0 Å². The largest absolute Gasteiger partial charge is 0.431 e. The van der Waals surface area contributed by atoms with Crippen LogP contribution in [0.25, 0.3) is 33.7 Å². The van der Waals surface area contributed by atoms with E-state index in [0.29, 0.717) is 29.5 Å². The third kappa shape index (κ3) is 8.61. The summed E-state index contributed by atoms with van der Waals surface area (Å²) in [5.74, 6) is 1.17. The van der Waals surface area contributed by atoms with Gasteiger partial charge >= 0.3 is 0 Å². The van der Waals surface area contributed by atoms with E-state index >= 15 is 0 Å². The molecule has 2 N–H and O–H groups in total. The molecule has 1 fully saturated rings. The van der Waals surface area contributed by atoms with Gasteiger partial charge in [0.1, 0.15) is 5.69 Å². The van der Waals surface area contributed by atoms with Crippen molar-refractivity contribution in [3.63, 3.8) is 0 Å². The summed E-state index contributed by atoms with van der Waals surface area (Å²) >= 11 is 1.53. The molecule has 9 heteroatoms. The minimum atomic E-state index is -0.616. The molecule has 5 aromatic carbocycles. The van der Waals surface area contributed by atoms with Gasteiger partial charge in [0, 0.05) is 47.8 Å². The Hall–Kier alpha value is -5.84. The van der Waals surface area contributed by atoms with Crippen LogP contribution in [0.3, 0.4) is 0 Å². The Balaban J connectivity index is 1.02. The first-order chi connectivity index (χ1) is 27.1. The van der Waals surface area contributed by atoms with Gasteiger partial charge in [-0.2, -0.15) is 0 Å². The van der Waals surface area contributed by atoms with Gasteiger partial charge in [-0.25, -0.2) is 4.98 Å². The van der Waals surface area contributed by atoms with Crippen LogP contribution >= 0.6 is 11.8 Å². The average Bonchev–Trinajstić information content (AvgIpc) is 3.70. The molecule has 1 aliphatic heterocycles. The number of nitrogens with zero attached hydrogens (tertiary/aromatic N) is 2. The second kappa shape index (κ2) is 17.1. The Kier molecular flexibility index (Phi) is 11.2. The van der Waals surface area contributed by atoms with Crippen LogP contribution in [0.5, 0.6) is 0 Å². The van der Waals surface area contributed by atoms with Crippen LogP contribution in [0.15, 0.2) is 168 Å². The van der Waals surface area contributed by atoms with Gasteiger partial charge in [-0.1, -0.05) is 145 Å². The second-order valence-electron chi connectivity index (χ2n) is 13.3. The van der Waals surface area contributed by atoms with Gasteiger partial charge in [0.2, 0.25) is 0 Å². The van der Waals surface area contributed by atoms with Gasteiger partial charge in [-0.05, 0) is 39.9 Å². The number of thioether (sulfide) groups is 1. The normalized spacial score (nSPS) is 16.8. The Morgan fingerprint density at radius 1 is 0.745 bits per heavy atom.